The van der Waals surface area contributed by atoms with Crippen molar-refractivity contribution in [1.82, 2.24) is 4.98 Å². The van der Waals surface area contributed by atoms with Crippen molar-refractivity contribution in [3.63, 3.8) is 0 Å². The monoisotopic (exact) mass is 190 g/mol. The van der Waals surface area contributed by atoms with E-state index in [-0.39, 0.29) is 0 Å². The maximum atomic E-state index is 11.3. The molecule has 0 aliphatic heterocycles. The Morgan fingerprint density at radius 1 is 1.43 bits per heavy atom. The molecule has 14 heavy (non-hydrogen) atoms. The summed E-state index contributed by atoms with van der Waals surface area (Å²) in [6, 6.07) is 3.78. The number of hydrogen-bond acceptors (Lipinski definition) is 3. The van der Waals surface area contributed by atoms with Gasteiger partial charge in [0.2, 0.25) is 0 Å². The summed E-state index contributed by atoms with van der Waals surface area (Å²) >= 11 is 0. The van der Waals surface area contributed by atoms with Gasteiger partial charge < -0.3 is 5.73 Å². The van der Waals surface area contributed by atoms with Gasteiger partial charge in [-0.3, -0.25) is 9.78 Å². The molecular formula is C11H14N2O. The van der Waals surface area contributed by atoms with Gasteiger partial charge in [0.15, 0.2) is 0 Å². The van der Waals surface area contributed by atoms with E-state index in [4.69, 9.17) is 5.73 Å². The summed E-state index contributed by atoms with van der Waals surface area (Å²) in [4.78, 5) is 15.5. The number of pyridine rings is 1. The van der Waals surface area contributed by atoms with E-state index >= 15 is 0 Å². The predicted octanol–water partition coefficient (Wildman–Crippen LogP) is 1.89. The summed E-state index contributed by atoms with van der Waals surface area (Å²) in [6.45, 7) is 0. The van der Waals surface area contributed by atoms with Gasteiger partial charge in [0.1, 0.15) is 5.78 Å². The van der Waals surface area contributed by atoms with Crippen LogP contribution in [0.2, 0.25) is 0 Å². The molecule has 0 saturated heterocycles. The molecule has 0 spiro atoms. The van der Waals surface area contributed by atoms with Crippen molar-refractivity contribution in [1.29, 1.82) is 0 Å². The van der Waals surface area contributed by atoms with Gasteiger partial charge in [0, 0.05) is 24.5 Å². The Kier molecular flexibility index (Phi) is 2.48. The molecule has 1 heterocycles. The van der Waals surface area contributed by atoms with Crippen LogP contribution in [0.15, 0.2) is 18.3 Å². The lowest BCUT2D eigenvalue weighted by Crippen LogP contribution is -2.14. The second-order valence-electron chi connectivity index (χ2n) is 3.85. The number of nitrogens with two attached hydrogens (primary N) is 1. The lowest BCUT2D eigenvalue weighted by molar-refractivity contribution is -0.120. The topological polar surface area (TPSA) is 56.0 Å². The fraction of sp³-hybridized carbons (Fsp3) is 0.455. The third kappa shape index (κ3) is 1.92. The van der Waals surface area contributed by atoms with Crippen LogP contribution in [0.3, 0.4) is 0 Å². The second kappa shape index (κ2) is 3.78. The zero-order valence-electron chi connectivity index (χ0n) is 8.07. The first kappa shape index (κ1) is 9.19. The van der Waals surface area contributed by atoms with E-state index in [9.17, 15) is 4.79 Å². The Morgan fingerprint density at radius 3 is 2.93 bits per heavy atom. The van der Waals surface area contributed by atoms with Gasteiger partial charge in [-0.05, 0) is 25.0 Å². The molecule has 1 aliphatic carbocycles. The summed E-state index contributed by atoms with van der Waals surface area (Å²) in [5, 5.41) is 0. The van der Waals surface area contributed by atoms with E-state index in [0.29, 0.717) is 23.8 Å². The number of aromatic nitrogens is 1. The van der Waals surface area contributed by atoms with E-state index in [1.807, 2.05) is 12.1 Å². The molecule has 0 bridgehead atoms. The minimum Gasteiger partial charge on any atom is -0.397 e. The van der Waals surface area contributed by atoms with Crippen LogP contribution in [0.1, 0.15) is 37.3 Å². The Morgan fingerprint density at radius 2 is 2.29 bits per heavy atom. The molecule has 3 nitrogen and oxygen atoms in total. The normalized spacial score (nSPS) is 22.3. The lowest BCUT2D eigenvalue weighted by atomic mass is 9.86. The fourth-order valence-electron chi connectivity index (χ4n) is 1.94. The molecular weight excluding hydrogens is 176 g/mol. The van der Waals surface area contributed by atoms with Crippen LogP contribution in [0.5, 0.6) is 0 Å². The Balaban J connectivity index is 2.14. The van der Waals surface area contributed by atoms with Gasteiger partial charge in [0.05, 0.1) is 11.9 Å². The predicted molar refractivity (Wildman–Crippen MR) is 54.9 cm³/mol. The average Bonchev–Trinajstić information content (AvgIpc) is 2.19. The van der Waals surface area contributed by atoms with Crippen molar-refractivity contribution in [2.24, 2.45) is 0 Å². The van der Waals surface area contributed by atoms with Crippen LogP contribution in [0, 0.1) is 0 Å². The molecule has 1 unspecified atom stereocenters. The van der Waals surface area contributed by atoms with Crippen LogP contribution >= 0.6 is 0 Å². The molecule has 0 radical (unpaired) electrons. The molecule has 1 fully saturated rings. The van der Waals surface area contributed by atoms with Crippen molar-refractivity contribution in [3.05, 3.63) is 24.0 Å². The zero-order valence-corrected chi connectivity index (χ0v) is 8.07. The minimum atomic E-state index is 0.317. The van der Waals surface area contributed by atoms with Crippen LogP contribution in [0.4, 0.5) is 5.69 Å². The number of ketones is 1. The quantitative estimate of drug-likeness (QED) is 0.735. The SMILES string of the molecule is Nc1ccc(C2CCCC(=O)C2)nc1. The number of rotatable bonds is 1. The van der Waals surface area contributed by atoms with Gasteiger partial charge in [-0.2, -0.15) is 0 Å². The highest BCUT2D eigenvalue weighted by molar-refractivity contribution is 5.80. The first-order chi connectivity index (χ1) is 6.75. The van der Waals surface area contributed by atoms with E-state index in [0.717, 1.165) is 25.0 Å². The van der Waals surface area contributed by atoms with Gasteiger partial charge >= 0.3 is 0 Å². The van der Waals surface area contributed by atoms with E-state index in [1.54, 1.807) is 6.20 Å². The maximum absolute atomic E-state index is 11.3. The number of anilines is 1. The smallest absolute Gasteiger partial charge is 0.133 e. The maximum Gasteiger partial charge on any atom is 0.133 e. The molecule has 0 aromatic carbocycles. The summed E-state index contributed by atoms with van der Waals surface area (Å²) in [7, 11) is 0. The van der Waals surface area contributed by atoms with Gasteiger partial charge in [0.25, 0.3) is 0 Å². The zero-order chi connectivity index (χ0) is 9.97. The number of hydrogen-bond donors (Lipinski definition) is 1. The van der Waals surface area contributed by atoms with Crippen LogP contribution in [-0.2, 0) is 4.79 Å². The Bertz CT molecular complexity index is 332. The largest absolute Gasteiger partial charge is 0.397 e. The average molecular weight is 190 g/mol. The number of carbonyl (C=O) groups is 1. The van der Waals surface area contributed by atoms with Crippen molar-refractivity contribution in [2.45, 2.75) is 31.6 Å². The summed E-state index contributed by atoms with van der Waals surface area (Å²) in [6.07, 6.45) is 5.12. The second-order valence-corrected chi connectivity index (χ2v) is 3.85. The molecule has 1 aliphatic rings. The molecule has 1 atom stereocenters. The van der Waals surface area contributed by atoms with E-state index in [1.165, 1.54) is 0 Å². The highest BCUT2D eigenvalue weighted by atomic mass is 16.1. The lowest BCUT2D eigenvalue weighted by Gasteiger charge is -2.19. The fourth-order valence-corrected chi connectivity index (χ4v) is 1.94. The van der Waals surface area contributed by atoms with Gasteiger partial charge in [-0.15, -0.1) is 0 Å². The summed E-state index contributed by atoms with van der Waals surface area (Å²) < 4.78 is 0. The number of nitrogen functional groups attached to an aromatic ring is 1. The van der Waals surface area contributed by atoms with Crippen molar-refractivity contribution in [2.75, 3.05) is 5.73 Å². The highest BCUT2D eigenvalue weighted by Crippen LogP contribution is 2.29. The Labute approximate surface area is 83.3 Å². The van der Waals surface area contributed by atoms with Crippen LogP contribution < -0.4 is 5.73 Å². The van der Waals surface area contributed by atoms with Crippen LogP contribution in [-0.4, -0.2) is 10.8 Å². The van der Waals surface area contributed by atoms with Crippen molar-refractivity contribution < 1.29 is 4.79 Å². The molecule has 3 heteroatoms. The molecule has 1 aromatic rings. The molecule has 2 N–H and O–H groups in total. The Hall–Kier alpha value is -1.38. The summed E-state index contributed by atoms with van der Waals surface area (Å²) in [5.74, 6) is 0.678. The van der Waals surface area contributed by atoms with E-state index in [2.05, 4.69) is 4.98 Å². The third-order valence-electron chi connectivity index (χ3n) is 2.71. The number of carbonyl (C=O) groups excluding carboxylic acids is 1. The first-order valence-electron chi connectivity index (χ1n) is 4.99. The van der Waals surface area contributed by atoms with E-state index < -0.39 is 0 Å². The van der Waals surface area contributed by atoms with Gasteiger partial charge in [-0.1, -0.05) is 0 Å². The molecule has 74 valence electrons. The van der Waals surface area contributed by atoms with Crippen molar-refractivity contribution >= 4 is 11.5 Å². The first-order valence-corrected chi connectivity index (χ1v) is 4.99. The van der Waals surface area contributed by atoms with Crippen LogP contribution in [0.25, 0.3) is 0 Å². The molecule has 1 aromatic heterocycles. The minimum absolute atomic E-state index is 0.317. The molecule has 2 rings (SSSR count). The third-order valence-corrected chi connectivity index (χ3v) is 2.71. The van der Waals surface area contributed by atoms with Crippen molar-refractivity contribution in [3.8, 4) is 0 Å². The molecule has 1 saturated carbocycles. The standard InChI is InChI=1S/C11H14N2O/c12-9-4-5-11(13-7-9)8-2-1-3-10(14)6-8/h4-5,7-8H,1-3,6,12H2. The summed E-state index contributed by atoms with van der Waals surface area (Å²) in [5.41, 5.74) is 7.24. The highest BCUT2D eigenvalue weighted by Gasteiger charge is 2.21. The molecule has 0 amide bonds. The number of Topliss-reactive ketones (excluding diaryl/α,β-unsaturated/α-hetero) is 1. The number of nitrogens with zero attached hydrogens (tertiary/aromatic N) is 1. The van der Waals surface area contributed by atoms with Gasteiger partial charge in [-0.25, -0.2) is 0 Å².